The van der Waals surface area contributed by atoms with E-state index in [-0.39, 0.29) is 48.7 Å². The minimum atomic E-state index is -2.33. The molecule has 1 unspecified atom stereocenters. The highest BCUT2D eigenvalue weighted by Gasteiger charge is 2.55. The third-order valence-corrected chi connectivity index (χ3v) is 21.4. The summed E-state index contributed by atoms with van der Waals surface area (Å²) in [5, 5.41) is 1.52. The molecule has 3 atom stereocenters. The van der Waals surface area contributed by atoms with Crippen molar-refractivity contribution in [3.63, 3.8) is 0 Å². The number of carbonyl (C=O) groups excluding carboxylic acids is 1. The highest BCUT2D eigenvalue weighted by atomic mass is 28.3. The summed E-state index contributed by atoms with van der Waals surface area (Å²) in [5.74, 6) is 3.06. The van der Waals surface area contributed by atoms with Gasteiger partial charge in [0.05, 0.1) is 35.6 Å². The van der Waals surface area contributed by atoms with Crippen molar-refractivity contribution in [1.82, 2.24) is 19.8 Å². The zero-order valence-electron chi connectivity index (χ0n) is 41.7. The largest absolute Gasteiger partial charge is 0.468 e. The molecule has 4 aromatic rings. The van der Waals surface area contributed by atoms with Crippen molar-refractivity contribution in [3.05, 3.63) is 65.5 Å². The van der Waals surface area contributed by atoms with Crippen LogP contribution in [0.2, 0.25) is 16.6 Å². The van der Waals surface area contributed by atoms with Crippen LogP contribution in [0, 0.1) is 23.1 Å². The first kappa shape index (κ1) is 49.5. The van der Waals surface area contributed by atoms with Gasteiger partial charge in [0.25, 0.3) is 0 Å². The van der Waals surface area contributed by atoms with E-state index in [1.54, 1.807) is 37.4 Å². The van der Waals surface area contributed by atoms with E-state index >= 15 is 8.78 Å². The second-order valence-electron chi connectivity index (χ2n) is 21.4. The number of methoxy groups -OCH3 is 2. The maximum absolute atomic E-state index is 18.2. The van der Waals surface area contributed by atoms with Gasteiger partial charge in [-0.15, -0.1) is 5.54 Å². The molecular formula is C53H68F3N5O6Si. The number of hydrogen-bond acceptors (Lipinski definition) is 10. The van der Waals surface area contributed by atoms with Gasteiger partial charge in [-0.2, -0.15) is 9.97 Å². The molecule has 15 heteroatoms. The lowest BCUT2D eigenvalue weighted by molar-refractivity contribution is -0.0261. The first-order valence-electron chi connectivity index (χ1n) is 24.1. The van der Waals surface area contributed by atoms with Gasteiger partial charge in [0.2, 0.25) is 0 Å². The van der Waals surface area contributed by atoms with E-state index in [1.807, 2.05) is 25.7 Å². The van der Waals surface area contributed by atoms with Crippen molar-refractivity contribution in [2.24, 2.45) is 0 Å². The average molecular weight is 956 g/mol. The van der Waals surface area contributed by atoms with Crippen LogP contribution in [-0.4, -0.2) is 117 Å². The fourth-order valence-corrected chi connectivity index (χ4v) is 17.4. The second-order valence-corrected chi connectivity index (χ2v) is 27.0. The van der Waals surface area contributed by atoms with E-state index in [1.165, 1.54) is 13.2 Å². The van der Waals surface area contributed by atoms with Gasteiger partial charge >= 0.3 is 12.1 Å². The van der Waals surface area contributed by atoms with Crippen molar-refractivity contribution in [2.45, 2.75) is 134 Å². The van der Waals surface area contributed by atoms with Gasteiger partial charge in [-0.25, -0.2) is 18.0 Å². The van der Waals surface area contributed by atoms with Gasteiger partial charge in [-0.3, -0.25) is 9.80 Å². The molecule has 5 heterocycles. The van der Waals surface area contributed by atoms with Crippen LogP contribution in [0.5, 0.6) is 11.8 Å². The molecule has 1 aromatic heterocycles. The predicted octanol–water partition coefficient (Wildman–Crippen LogP) is 11.4. The summed E-state index contributed by atoms with van der Waals surface area (Å²) >= 11 is 0. The van der Waals surface area contributed by atoms with Crippen LogP contribution >= 0.6 is 0 Å². The van der Waals surface area contributed by atoms with Crippen molar-refractivity contribution >= 4 is 41.7 Å². The summed E-state index contributed by atoms with van der Waals surface area (Å²) in [7, 11) is 0.808. The smallest absolute Gasteiger partial charge is 0.411 e. The molecule has 3 aromatic carbocycles. The SMILES string of the molecule is COCOc1cc(-c2ccc3c(N4C[C@@H]5CC[C@](COC)(C4)N5C(=O)OC(C)(C)C)nc(OCC45CCCN4C/C(=C\F)C5)nc3c2F)c2c(C#C[Si](C(C)C)(C(C)C)C(C)C)c(F)ccc2c1. The number of hydrogen-bond donors (Lipinski definition) is 0. The minimum Gasteiger partial charge on any atom is -0.468 e. The molecule has 0 aliphatic carbocycles. The number of amides is 1. The van der Waals surface area contributed by atoms with E-state index in [9.17, 15) is 9.18 Å². The number of aromatic nitrogens is 2. The fraction of sp³-hybridized carbons (Fsp3) is 0.566. The Bertz CT molecular complexity index is 2640. The number of carbonyl (C=O) groups is 1. The third kappa shape index (κ3) is 8.95. The highest BCUT2D eigenvalue weighted by molar-refractivity contribution is 6.90. The Morgan fingerprint density at radius 3 is 2.37 bits per heavy atom. The van der Waals surface area contributed by atoms with Gasteiger partial charge in [0.1, 0.15) is 43.2 Å². The van der Waals surface area contributed by atoms with Crippen LogP contribution in [0.15, 0.2) is 48.3 Å². The predicted molar refractivity (Wildman–Crippen MR) is 264 cm³/mol. The molecule has 11 nitrogen and oxygen atoms in total. The molecule has 8 rings (SSSR count). The van der Waals surface area contributed by atoms with Gasteiger partial charge in [0, 0.05) is 50.2 Å². The van der Waals surface area contributed by atoms with Crippen LogP contribution in [0.4, 0.5) is 23.8 Å². The number of halogens is 3. The van der Waals surface area contributed by atoms with Crippen LogP contribution < -0.4 is 14.4 Å². The maximum Gasteiger partial charge on any atom is 0.411 e. The van der Waals surface area contributed by atoms with Crippen LogP contribution in [0.25, 0.3) is 32.8 Å². The zero-order chi connectivity index (χ0) is 48.9. The molecule has 68 heavy (non-hydrogen) atoms. The summed E-state index contributed by atoms with van der Waals surface area (Å²) in [6.07, 6.45) is 3.93. The van der Waals surface area contributed by atoms with Crippen molar-refractivity contribution in [1.29, 1.82) is 0 Å². The van der Waals surface area contributed by atoms with Crippen molar-refractivity contribution in [2.75, 3.05) is 65.3 Å². The molecule has 2 bridgehead atoms. The van der Waals surface area contributed by atoms with E-state index in [4.69, 9.17) is 33.7 Å². The number of piperazine rings is 1. The van der Waals surface area contributed by atoms with E-state index in [0.717, 1.165) is 19.4 Å². The lowest BCUT2D eigenvalue weighted by atomic mass is 9.92. The topological polar surface area (TPSA) is 98.7 Å². The standard InChI is InChI=1S/C53H68F3N5O6Si/c1-33(2)68(34(3)4,35(5)6)22-18-41-44(55)16-13-37-23-39(66-32-64-11)24-43(45(37)41)40-14-15-42-47(46(40)56)57-49(65-31-52-19-12-21-60(52)27-36(25-52)26-54)58-48(42)59-28-38-17-20-53(29-59,30-63-10)61(38)50(62)67-51(7,8)9/h13-16,23-24,26,33-35,38H,12,17,19-21,25,27-32H2,1-11H3/b36-26-/t38-,52?,53+/m0/s1. The molecule has 0 N–H and O–H groups in total. The Kier molecular flexibility index (Phi) is 13.9. The Labute approximate surface area is 400 Å². The normalized spacial score (nSPS) is 22.5. The molecule has 4 fully saturated rings. The Morgan fingerprint density at radius 1 is 0.941 bits per heavy atom. The van der Waals surface area contributed by atoms with E-state index < -0.39 is 42.5 Å². The third-order valence-electron chi connectivity index (χ3n) is 15.1. The molecule has 1 amide bonds. The summed E-state index contributed by atoms with van der Waals surface area (Å²) in [4.78, 5) is 29.9. The molecule has 0 radical (unpaired) electrons. The molecule has 0 spiro atoms. The zero-order valence-corrected chi connectivity index (χ0v) is 42.7. The number of ether oxygens (including phenoxy) is 5. The number of benzene rings is 3. The van der Waals surface area contributed by atoms with Crippen molar-refractivity contribution < 1.29 is 41.7 Å². The number of rotatable bonds is 13. The van der Waals surface area contributed by atoms with Crippen molar-refractivity contribution in [3.8, 4) is 34.4 Å². The molecule has 366 valence electrons. The Morgan fingerprint density at radius 2 is 1.69 bits per heavy atom. The quantitative estimate of drug-likeness (QED) is 0.0732. The number of anilines is 1. The average Bonchev–Trinajstić information content (AvgIpc) is 3.91. The van der Waals surface area contributed by atoms with Crippen LogP contribution in [0.3, 0.4) is 0 Å². The highest BCUT2D eigenvalue weighted by Crippen LogP contribution is 2.47. The molecular weight excluding hydrogens is 888 g/mol. The second kappa shape index (κ2) is 19.1. The Balaban J connectivity index is 1.31. The lowest BCUT2D eigenvalue weighted by Crippen LogP contribution is -2.66. The van der Waals surface area contributed by atoms with Gasteiger partial charge < -0.3 is 28.6 Å². The Hall–Kier alpha value is -4.88. The number of fused-ring (bicyclic) bond motifs is 5. The summed E-state index contributed by atoms with van der Waals surface area (Å²) in [6.45, 7) is 21.2. The van der Waals surface area contributed by atoms with Gasteiger partial charge in [-0.05, 0) is 117 Å². The monoisotopic (exact) mass is 955 g/mol. The van der Waals surface area contributed by atoms with Gasteiger partial charge in [-0.1, -0.05) is 59.6 Å². The maximum atomic E-state index is 18.2. The summed E-state index contributed by atoms with van der Waals surface area (Å²) in [5.41, 5.74) is 4.15. The molecule has 4 saturated heterocycles. The van der Waals surface area contributed by atoms with Gasteiger partial charge in [0.15, 0.2) is 12.6 Å². The molecule has 4 aliphatic rings. The minimum absolute atomic E-state index is 0.00741. The molecule has 4 aliphatic heterocycles. The lowest BCUT2D eigenvalue weighted by Gasteiger charge is -2.49. The van der Waals surface area contributed by atoms with E-state index in [0.29, 0.717) is 101 Å². The summed E-state index contributed by atoms with van der Waals surface area (Å²) in [6, 6.07) is 9.80. The first-order valence-corrected chi connectivity index (χ1v) is 26.4. The molecule has 0 saturated carbocycles. The fourth-order valence-electron chi connectivity index (χ4n) is 12.2. The number of nitrogens with zero attached hydrogens (tertiary/aromatic N) is 5. The first-order chi connectivity index (χ1) is 32.3. The van der Waals surface area contributed by atoms with Crippen LogP contribution in [0.1, 0.15) is 100.0 Å². The van der Waals surface area contributed by atoms with Crippen LogP contribution in [-0.2, 0) is 14.2 Å². The summed E-state index contributed by atoms with van der Waals surface area (Å²) < 4.78 is 78.2. The van der Waals surface area contributed by atoms with E-state index in [2.05, 4.69) is 62.8 Å².